The Labute approximate surface area is 236 Å². The summed E-state index contributed by atoms with van der Waals surface area (Å²) in [6, 6.07) is 23.2. The van der Waals surface area contributed by atoms with Gasteiger partial charge in [0.25, 0.3) is 0 Å². The Balaban J connectivity index is 0.000000215. The fourth-order valence-electron chi connectivity index (χ4n) is 4.96. The van der Waals surface area contributed by atoms with Crippen molar-refractivity contribution in [3.8, 4) is 0 Å². The Hall–Kier alpha value is -2.37. The summed E-state index contributed by atoms with van der Waals surface area (Å²) in [5.41, 5.74) is 4.64. The second-order valence-corrected chi connectivity index (χ2v) is 11.6. The molecule has 0 heterocycles. The third kappa shape index (κ3) is 10.8. The van der Waals surface area contributed by atoms with E-state index in [-0.39, 0.29) is 0 Å². The summed E-state index contributed by atoms with van der Waals surface area (Å²) in [6.45, 7) is 3.80. The van der Waals surface area contributed by atoms with Crippen molar-refractivity contribution in [2.24, 2.45) is 5.92 Å². The molecule has 202 valence electrons. The molecule has 3 aromatic rings. The van der Waals surface area contributed by atoms with E-state index in [0.717, 1.165) is 29.0 Å². The second-order valence-electron chi connectivity index (χ2n) is 10.5. The van der Waals surface area contributed by atoms with Gasteiger partial charge in [0.1, 0.15) is 0 Å². The summed E-state index contributed by atoms with van der Waals surface area (Å²) < 4.78 is 38.5. The summed E-state index contributed by atoms with van der Waals surface area (Å²) in [5.74, 6) is 0.637. The fourth-order valence-corrected chi connectivity index (χ4v) is 5.70. The first-order valence-electron chi connectivity index (χ1n) is 13.4. The maximum atomic E-state index is 12.8. The van der Waals surface area contributed by atoms with Crippen LogP contribution in [0.15, 0.2) is 72.8 Å². The number of rotatable bonds is 8. The van der Waals surface area contributed by atoms with Gasteiger partial charge in [0.2, 0.25) is 0 Å². The molecule has 0 unspecified atom stereocenters. The number of benzene rings is 3. The van der Waals surface area contributed by atoms with Crippen molar-refractivity contribution in [3.63, 3.8) is 0 Å². The monoisotopic (exact) mass is 554 g/mol. The van der Waals surface area contributed by atoms with Crippen molar-refractivity contribution in [1.29, 1.82) is 0 Å². The molecule has 0 aliphatic heterocycles. The molecule has 0 nitrogen and oxygen atoms in total. The molecule has 0 bridgehead atoms. The maximum Gasteiger partial charge on any atom is 0.416 e. The van der Waals surface area contributed by atoms with Gasteiger partial charge in [0.05, 0.1) is 5.56 Å². The first kappa shape index (κ1) is 30.2. The van der Waals surface area contributed by atoms with Crippen LogP contribution in [0.4, 0.5) is 13.2 Å². The topological polar surface area (TPSA) is 0 Å². The Morgan fingerprint density at radius 1 is 0.684 bits per heavy atom. The highest BCUT2D eigenvalue weighted by Crippen LogP contribution is 2.31. The molecule has 3 aromatic carbocycles. The molecule has 1 saturated carbocycles. The highest BCUT2D eigenvalue weighted by atomic mass is 32.1. The molecular weight excluding hydrogens is 517 g/mol. The van der Waals surface area contributed by atoms with Gasteiger partial charge in [-0.3, -0.25) is 0 Å². The average Bonchev–Trinajstić information content (AvgIpc) is 2.86. The highest BCUT2D eigenvalue weighted by Gasteiger charge is 2.31. The van der Waals surface area contributed by atoms with Crippen molar-refractivity contribution in [2.75, 3.05) is 0 Å². The SMILES string of the molecule is Cc1cc(CC(=S)CC2CCCCC2)cc(C(F)(F)F)c1.Cc1ccc(CC(=S)Cc2ccccc2)cc1. The van der Waals surface area contributed by atoms with Crippen LogP contribution in [0.5, 0.6) is 0 Å². The molecule has 0 aromatic heterocycles. The number of hydrogen-bond donors (Lipinski definition) is 0. The van der Waals surface area contributed by atoms with Crippen LogP contribution in [-0.2, 0) is 25.4 Å². The van der Waals surface area contributed by atoms with Crippen LogP contribution in [0.2, 0.25) is 0 Å². The van der Waals surface area contributed by atoms with Gasteiger partial charge in [-0.25, -0.2) is 0 Å². The van der Waals surface area contributed by atoms with Gasteiger partial charge >= 0.3 is 6.18 Å². The lowest BCUT2D eigenvalue weighted by Crippen LogP contribution is -2.13. The Morgan fingerprint density at radius 3 is 1.87 bits per heavy atom. The predicted octanol–water partition coefficient (Wildman–Crippen LogP) is 10.0. The van der Waals surface area contributed by atoms with Crippen LogP contribution in [0.3, 0.4) is 0 Å². The maximum absolute atomic E-state index is 12.8. The summed E-state index contributed by atoms with van der Waals surface area (Å²) >= 11 is 10.9. The number of hydrogen-bond acceptors (Lipinski definition) is 2. The van der Waals surface area contributed by atoms with Gasteiger partial charge in [-0.15, -0.1) is 0 Å². The smallest absolute Gasteiger partial charge is 0.166 e. The lowest BCUT2D eigenvalue weighted by molar-refractivity contribution is -0.137. The van der Waals surface area contributed by atoms with E-state index < -0.39 is 11.7 Å². The van der Waals surface area contributed by atoms with Crippen LogP contribution < -0.4 is 0 Å². The van der Waals surface area contributed by atoms with Crippen LogP contribution >= 0.6 is 24.4 Å². The molecule has 0 saturated heterocycles. The molecular formula is C33H37F3S2. The lowest BCUT2D eigenvalue weighted by atomic mass is 9.85. The van der Waals surface area contributed by atoms with Crippen molar-refractivity contribution >= 4 is 34.2 Å². The predicted molar refractivity (Wildman–Crippen MR) is 161 cm³/mol. The van der Waals surface area contributed by atoms with E-state index >= 15 is 0 Å². The zero-order chi connectivity index (χ0) is 27.5. The van der Waals surface area contributed by atoms with E-state index in [1.165, 1.54) is 60.9 Å². The largest absolute Gasteiger partial charge is 0.416 e. The van der Waals surface area contributed by atoms with Crippen molar-refractivity contribution in [2.45, 2.75) is 77.8 Å². The third-order valence-corrected chi connectivity index (χ3v) is 7.47. The molecule has 5 heteroatoms. The number of halogens is 3. The second kappa shape index (κ2) is 14.7. The van der Waals surface area contributed by atoms with Gasteiger partial charge in [0.15, 0.2) is 0 Å². The van der Waals surface area contributed by atoms with Crippen LogP contribution in [0.25, 0.3) is 0 Å². The summed E-state index contributed by atoms with van der Waals surface area (Å²) in [7, 11) is 0. The highest BCUT2D eigenvalue weighted by molar-refractivity contribution is 7.80. The van der Waals surface area contributed by atoms with Gasteiger partial charge in [-0.1, -0.05) is 128 Å². The molecule has 0 spiro atoms. The molecule has 38 heavy (non-hydrogen) atoms. The first-order chi connectivity index (χ1) is 18.1. The standard InChI is InChI=1S/C17H21F3S.C16H16S/c1-12-7-14(9-15(8-12)17(18,19)20)11-16(21)10-13-5-3-2-4-6-13;1-13-7-9-15(10-8-13)12-16(17)11-14-5-3-2-4-6-14/h7-9,13H,2-6,10-11H2,1H3;2-10H,11-12H2,1H3. The van der Waals surface area contributed by atoms with E-state index in [1.54, 1.807) is 6.92 Å². The fraction of sp³-hybridized carbons (Fsp3) is 0.394. The molecule has 1 aliphatic rings. The molecule has 0 atom stereocenters. The minimum atomic E-state index is -4.29. The van der Waals surface area contributed by atoms with E-state index in [9.17, 15) is 13.2 Å². The van der Waals surface area contributed by atoms with Crippen molar-refractivity contribution < 1.29 is 13.2 Å². The molecule has 0 amide bonds. The van der Waals surface area contributed by atoms with E-state index in [2.05, 4.69) is 55.5 Å². The van der Waals surface area contributed by atoms with Gasteiger partial charge < -0.3 is 0 Å². The Bertz CT molecular complexity index is 1180. The molecule has 0 N–H and O–H groups in total. The zero-order valence-electron chi connectivity index (χ0n) is 22.3. The summed E-state index contributed by atoms with van der Waals surface area (Å²) in [4.78, 5) is 1.99. The number of alkyl halides is 3. The average molecular weight is 555 g/mol. The van der Waals surface area contributed by atoms with E-state index in [0.29, 0.717) is 23.5 Å². The summed E-state index contributed by atoms with van der Waals surface area (Å²) in [5, 5.41) is 0. The quantitative estimate of drug-likeness (QED) is 0.254. The van der Waals surface area contributed by atoms with Crippen LogP contribution in [0.1, 0.15) is 71.9 Å². The summed E-state index contributed by atoms with van der Waals surface area (Å²) in [6.07, 6.45) is 5.10. The Kier molecular flexibility index (Phi) is 11.7. The third-order valence-electron chi connectivity index (χ3n) is 6.87. The molecule has 1 fully saturated rings. The van der Waals surface area contributed by atoms with Gasteiger partial charge in [-0.05, 0) is 59.9 Å². The molecule has 4 rings (SSSR count). The molecule has 0 radical (unpaired) electrons. The van der Waals surface area contributed by atoms with E-state index in [1.807, 2.05) is 12.1 Å². The first-order valence-corrected chi connectivity index (χ1v) is 14.2. The van der Waals surface area contributed by atoms with Gasteiger partial charge in [0, 0.05) is 24.1 Å². The number of thiocarbonyl (C=S) groups is 2. The lowest BCUT2D eigenvalue weighted by Gasteiger charge is -2.21. The van der Waals surface area contributed by atoms with Crippen LogP contribution in [0, 0.1) is 19.8 Å². The molecule has 1 aliphatic carbocycles. The Morgan fingerprint density at radius 2 is 1.26 bits per heavy atom. The minimum Gasteiger partial charge on any atom is -0.166 e. The van der Waals surface area contributed by atoms with Crippen LogP contribution in [-0.4, -0.2) is 9.73 Å². The number of aryl methyl sites for hydroxylation is 2. The normalized spacial score (nSPS) is 13.9. The van der Waals surface area contributed by atoms with Crippen molar-refractivity contribution in [3.05, 3.63) is 106 Å². The van der Waals surface area contributed by atoms with Gasteiger partial charge in [-0.2, -0.15) is 13.2 Å². The van der Waals surface area contributed by atoms with Crippen molar-refractivity contribution in [1.82, 2.24) is 0 Å². The minimum absolute atomic E-state index is 0.483. The van der Waals surface area contributed by atoms with E-state index in [4.69, 9.17) is 24.4 Å². The zero-order valence-corrected chi connectivity index (χ0v) is 24.0.